The highest BCUT2D eigenvalue weighted by Crippen LogP contribution is 2.39. The molecule has 2 atom stereocenters. The van der Waals surface area contributed by atoms with Gasteiger partial charge in [0.25, 0.3) is 0 Å². The van der Waals surface area contributed by atoms with Gasteiger partial charge in [0.2, 0.25) is 0 Å². The third kappa shape index (κ3) is 3.33. The van der Waals surface area contributed by atoms with Gasteiger partial charge in [0.1, 0.15) is 6.10 Å². The van der Waals surface area contributed by atoms with Crippen molar-refractivity contribution in [3.05, 3.63) is 71.9 Å². The van der Waals surface area contributed by atoms with Crippen LogP contribution < -0.4 is 10.6 Å². The number of aromatic nitrogens is 1. The van der Waals surface area contributed by atoms with Gasteiger partial charge >= 0.3 is 6.09 Å². The Morgan fingerprint density at radius 3 is 2.88 bits per heavy atom. The first kappa shape index (κ1) is 16.4. The molecule has 1 aromatic heterocycles. The lowest BCUT2D eigenvalue weighted by atomic mass is 9.92. The van der Waals surface area contributed by atoms with Gasteiger partial charge in [0.15, 0.2) is 0 Å². The number of anilines is 1. The summed E-state index contributed by atoms with van der Waals surface area (Å²) >= 11 is 0. The van der Waals surface area contributed by atoms with E-state index in [9.17, 15) is 4.79 Å². The minimum atomic E-state index is -0.403. The zero-order valence-electron chi connectivity index (χ0n) is 14.6. The monoisotopic (exact) mass is 347 g/mol. The summed E-state index contributed by atoms with van der Waals surface area (Å²) in [4.78, 5) is 16.8. The average Bonchev–Trinajstić information content (AvgIpc) is 2.66. The van der Waals surface area contributed by atoms with Crippen LogP contribution in [0.2, 0.25) is 0 Å². The van der Waals surface area contributed by atoms with E-state index in [1.165, 1.54) is 0 Å². The van der Waals surface area contributed by atoms with E-state index < -0.39 is 6.09 Å². The molecule has 5 nitrogen and oxygen atoms in total. The van der Waals surface area contributed by atoms with Crippen LogP contribution in [0.15, 0.2) is 60.8 Å². The van der Waals surface area contributed by atoms with Crippen LogP contribution >= 0.6 is 0 Å². The van der Waals surface area contributed by atoms with Crippen molar-refractivity contribution >= 4 is 22.7 Å². The fourth-order valence-electron chi connectivity index (χ4n) is 3.46. The number of nitrogens with one attached hydrogen (secondary N) is 2. The maximum atomic E-state index is 12.4. The number of amides is 1. The predicted octanol–water partition coefficient (Wildman–Crippen LogP) is 4.41. The summed E-state index contributed by atoms with van der Waals surface area (Å²) in [7, 11) is 0. The Morgan fingerprint density at radius 2 is 2.04 bits per heavy atom. The van der Waals surface area contributed by atoms with E-state index in [2.05, 4.69) is 22.5 Å². The summed E-state index contributed by atoms with van der Waals surface area (Å²) in [6.07, 6.45) is 1.79. The number of nitrogens with zero attached hydrogens (tertiary/aromatic N) is 1. The Balaban J connectivity index is 1.55. The van der Waals surface area contributed by atoms with Crippen LogP contribution in [-0.4, -0.2) is 17.1 Å². The van der Waals surface area contributed by atoms with Crippen molar-refractivity contribution in [1.29, 1.82) is 0 Å². The molecule has 5 heteroatoms. The minimum Gasteiger partial charge on any atom is -0.441 e. The van der Waals surface area contributed by atoms with Crippen LogP contribution in [0.25, 0.3) is 10.9 Å². The van der Waals surface area contributed by atoms with E-state index in [4.69, 9.17) is 4.74 Å². The smallest absolute Gasteiger partial charge is 0.408 e. The fraction of sp³-hybridized carbons (Fsp3) is 0.238. The fourth-order valence-corrected chi connectivity index (χ4v) is 3.46. The highest BCUT2D eigenvalue weighted by atomic mass is 16.6. The Morgan fingerprint density at radius 1 is 1.19 bits per heavy atom. The summed E-state index contributed by atoms with van der Waals surface area (Å²) in [5.74, 6) is 0. The third-order valence-corrected chi connectivity index (χ3v) is 4.65. The van der Waals surface area contributed by atoms with Crippen LogP contribution in [0.3, 0.4) is 0 Å². The van der Waals surface area contributed by atoms with Gasteiger partial charge in [-0.15, -0.1) is 0 Å². The van der Waals surface area contributed by atoms with Crippen LogP contribution in [0.1, 0.15) is 30.6 Å². The molecule has 4 rings (SSSR count). The maximum absolute atomic E-state index is 12.4. The third-order valence-electron chi connectivity index (χ3n) is 4.65. The standard InChI is InChI=1S/C21H21N3O2/c1-14-12-19(26-21(25)23-13-15-6-3-2-4-7-15)20-16-8-5-11-22-17(16)9-10-18(20)24-14/h2-11,14,19,24H,12-13H2,1H3,(H,23,25). The molecule has 1 amide bonds. The molecule has 1 aliphatic rings. The number of carbonyl (C=O) groups excluding carboxylic acids is 1. The van der Waals surface area contributed by atoms with Gasteiger partial charge in [-0.3, -0.25) is 4.98 Å². The van der Waals surface area contributed by atoms with Crippen molar-refractivity contribution in [2.75, 3.05) is 5.32 Å². The van der Waals surface area contributed by atoms with Gasteiger partial charge in [-0.1, -0.05) is 36.4 Å². The Labute approximate surface area is 152 Å². The van der Waals surface area contributed by atoms with Crippen molar-refractivity contribution < 1.29 is 9.53 Å². The quantitative estimate of drug-likeness (QED) is 0.737. The SMILES string of the molecule is CC1CC(OC(=O)NCc2ccccc2)c2c(ccc3ncccc23)N1. The number of hydrogen-bond donors (Lipinski definition) is 2. The highest BCUT2D eigenvalue weighted by molar-refractivity contribution is 5.88. The van der Waals surface area contributed by atoms with Gasteiger partial charge in [-0.25, -0.2) is 4.79 Å². The molecule has 2 N–H and O–H groups in total. The molecular weight excluding hydrogens is 326 g/mol. The van der Waals surface area contributed by atoms with Crippen molar-refractivity contribution in [2.24, 2.45) is 0 Å². The van der Waals surface area contributed by atoms with Crippen LogP contribution in [0.5, 0.6) is 0 Å². The number of fused-ring (bicyclic) bond motifs is 3. The lowest BCUT2D eigenvalue weighted by Crippen LogP contribution is -2.31. The zero-order valence-corrected chi connectivity index (χ0v) is 14.6. The molecule has 26 heavy (non-hydrogen) atoms. The summed E-state index contributed by atoms with van der Waals surface area (Å²) in [6.45, 7) is 2.54. The summed E-state index contributed by atoms with van der Waals surface area (Å²) in [5, 5.41) is 7.34. The molecule has 132 valence electrons. The second kappa shape index (κ2) is 7.04. The summed E-state index contributed by atoms with van der Waals surface area (Å²) in [6, 6.07) is 18.0. The van der Waals surface area contributed by atoms with Gasteiger partial charge < -0.3 is 15.4 Å². The van der Waals surface area contributed by atoms with Crippen LogP contribution in [0, 0.1) is 0 Å². The zero-order chi connectivity index (χ0) is 17.9. The van der Waals surface area contributed by atoms with Crippen LogP contribution in [-0.2, 0) is 11.3 Å². The van der Waals surface area contributed by atoms with Crippen molar-refractivity contribution in [2.45, 2.75) is 32.0 Å². The van der Waals surface area contributed by atoms with Crippen LogP contribution in [0.4, 0.5) is 10.5 Å². The van der Waals surface area contributed by atoms with E-state index in [1.54, 1.807) is 6.20 Å². The molecule has 0 spiro atoms. The van der Waals surface area contributed by atoms with E-state index >= 15 is 0 Å². The molecule has 2 aromatic carbocycles. The molecule has 0 bridgehead atoms. The molecule has 0 saturated carbocycles. The van der Waals surface area contributed by atoms with Crippen molar-refractivity contribution in [1.82, 2.24) is 10.3 Å². The number of carbonyl (C=O) groups is 1. The Kier molecular flexibility index (Phi) is 4.44. The average molecular weight is 347 g/mol. The van der Waals surface area contributed by atoms with Gasteiger partial charge in [0, 0.05) is 41.8 Å². The minimum absolute atomic E-state index is 0.226. The largest absolute Gasteiger partial charge is 0.441 e. The molecule has 2 unspecified atom stereocenters. The maximum Gasteiger partial charge on any atom is 0.408 e. The van der Waals surface area contributed by atoms with E-state index in [1.807, 2.05) is 54.6 Å². The second-order valence-electron chi connectivity index (χ2n) is 6.61. The molecule has 0 saturated heterocycles. The first-order valence-electron chi connectivity index (χ1n) is 8.83. The highest BCUT2D eigenvalue weighted by Gasteiger charge is 2.29. The molecule has 0 fully saturated rings. The Bertz CT molecular complexity index is 927. The molecule has 0 aliphatic carbocycles. The number of pyridine rings is 1. The Hall–Kier alpha value is -3.08. The first-order chi connectivity index (χ1) is 12.7. The van der Waals surface area contributed by atoms with Gasteiger partial charge in [-0.05, 0) is 30.7 Å². The lowest BCUT2D eigenvalue weighted by Gasteiger charge is -2.32. The predicted molar refractivity (Wildman–Crippen MR) is 102 cm³/mol. The summed E-state index contributed by atoms with van der Waals surface area (Å²) in [5.41, 5.74) is 3.95. The molecule has 1 aliphatic heterocycles. The number of benzene rings is 2. The molecule has 0 radical (unpaired) electrons. The summed E-state index contributed by atoms with van der Waals surface area (Å²) < 4.78 is 5.80. The molecular formula is C21H21N3O2. The lowest BCUT2D eigenvalue weighted by molar-refractivity contribution is 0.0888. The van der Waals surface area contributed by atoms with Crippen molar-refractivity contribution in [3.63, 3.8) is 0 Å². The van der Waals surface area contributed by atoms with E-state index in [0.29, 0.717) is 6.54 Å². The number of ether oxygens (including phenoxy) is 1. The molecule has 3 aromatic rings. The first-order valence-corrected chi connectivity index (χ1v) is 8.83. The topological polar surface area (TPSA) is 63.2 Å². The number of hydrogen-bond acceptors (Lipinski definition) is 4. The molecule has 2 heterocycles. The van der Waals surface area contributed by atoms with E-state index in [0.717, 1.165) is 34.1 Å². The normalized spacial score (nSPS) is 18.7. The second-order valence-corrected chi connectivity index (χ2v) is 6.61. The van der Waals surface area contributed by atoms with Gasteiger partial charge in [0.05, 0.1) is 5.52 Å². The van der Waals surface area contributed by atoms with E-state index in [-0.39, 0.29) is 12.1 Å². The number of rotatable bonds is 3. The number of alkyl carbamates (subject to hydrolysis) is 1. The van der Waals surface area contributed by atoms with Crippen molar-refractivity contribution in [3.8, 4) is 0 Å². The van der Waals surface area contributed by atoms with Gasteiger partial charge in [-0.2, -0.15) is 0 Å².